The second kappa shape index (κ2) is 5.72. The van der Waals surface area contributed by atoms with Crippen molar-refractivity contribution in [3.8, 4) is 5.75 Å². The van der Waals surface area contributed by atoms with E-state index in [1.54, 1.807) is 18.2 Å². The molecule has 0 radical (unpaired) electrons. The van der Waals surface area contributed by atoms with Crippen LogP contribution in [0.25, 0.3) is 0 Å². The molecule has 0 aliphatic rings. The predicted molar refractivity (Wildman–Crippen MR) is 70.4 cm³/mol. The first-order valence-corrected chi connectivity index (χ1v) is 7.29. The number of methoxy groups -OCH3 is 1. The number of nitrogens with two attached hydrogens (primary N) is 1. The molecule has 1 aromatic rings. The number of sulfone groups is 1. The van der Waals surface area contributed by atoms with Crippen LogP contribution in [0.15, 0.2) is 18.2 Å². The Hall–Kier alpha value is -1.76. The van der Waals surface area contributed by atoms with Crippen molar-refractivity contribution in [3.63, 3.8) is 0 Å². The molecule has 0 aliphatic heterocycles. The van der Waals surface area contributed by atoms with Gasteiger partial charge >= 0.3 is 0 Å². The van der Waals surface area contributed by atoms with Gasteiger partial charge in [0.2, 0.25) is 5.91 Å². The first-order chi connectivity index (χ1) is 8.31. The van der Waals surface area contributed by atoms with Crippen LogP contribution in [0.3, 0.4) is 0 Å². The number of nitrogens with one attached hydrogen (secondary N) is 1. The van der Waals surface area contributed by atoms with Crippen LogP contribution in [0.4, 0.5) is 11.4 Å². The smallest absolute Gasteiger partial charge is 0.225 e. The Morgan fingerprint density at radius 1 is 1.44 bits per heavy atom. The van der Waals surface area contributed by atoms with E-state index in [0.29, 0.717) is 17.1 Å². The van der Waals surface area contributed by atoms with Gasteiger partial charge in [0.15, 0.2) is 0 Å². The summed E-state index contributed by atoms with van der Waals surface area (Å²) in [6.45, 7) is 0. The molecule has 3 N–H and O–H groups in total. The minimum atomic E-state index is -3.14. The van der Waals surface area contributed by atoms with Crippen molar-refractivity contribution in [3.05, 3.63) is 18.2 Å². The van der Waals surface area contributed by atoms with Gasteiger partial charge in [0.1, 0.15) is 15.6 Å². The average Bonchev–Trinajstić information content (AvgIpc) is 2.26. The molecular weight excluding hydrogens is 256 g/mol. The van der Waals surface area contributed by atoms with Gasteiger partial charge in [0.05, 0.1) is 18.6 Å². The van der Waals surface area contributed by atoms with Crippen molar-refractivity contribution in [2.24, 2.45) is 0 Å². The van der Waals surface area contributed by atoms with E-state index in [1.807, 2.05) is 0 Å². The van der Waals surface area contributed by atoms with Crippen LogP contribution < -0.4 is 15.8 Å². The number of rotatable bonds is 5. The Balaban J connectivity index is 2.62. The number of amides is 1. The topological polar surface area (TPSA) is 98.5 Å². The van der Waals surface area contributed by atoms with Crippen LogP contribution >= 0.6 is 0 Å². The second-order valence-corrected chi connectivity index (χ2v) is 6.14. The molecule has 0 aromatic heterocycles. The summed E-state index contributed by atoms with van der Waals surface area (Å²) in [7, 11) is -1.64. The zero-order chi connectivity index (χ0) is 13.8. The highest BCUT2D eigenvalue weighted by molar-refractivity contribution is 7.90. The largest absolute Gasteiger partial charge is 0.495 e. The van der Waals surface area contributed by atoms with Gasteiger partial charge in [-0.1, -0.05) is 0 Å². The van der Waals surface area contributed by atoms with E-state index in [0.717, 1.165) is 6.26 Å². The summed E-state index contributed by atoms with van der Waals surface area (Å²) >= 11 is 0. The number of hydrogen-bond acceptors (Lipinski definition) is 5. The highest BCUT2D eigenvalue weighted by Crippen LogP contribution is 2.24. The number of carbonyl (C=O) groups excluding carboxylic acids is 1. The number of anilines is 2. The molecule has 0 saturated heterocycles. The average molecular weight is 272 g/mol. The van der Waals surface area contributed by atoms with E-state index >= 15 is 0 Å². The van der Waals surface area contributed by atoms with E-state index in [2.05, 4.69) is 5.32 Å². The number of carbonyl (C=O) groups is 1. The summed E-state index contributed by atoms with van der Waals surface area (Å²) in [4.78, 5) is 11.5. The van der Waals surface area contributed by atoms with E-state index < -0.39 is 9.84 Å². The van der Waals surface area contributed by atoms with Crippen molar-refractivity contribution in [2.75, 3.05) is 30.2 Å². The number of hydrogen-bond donors (Lipinski definition) is 2. The minimum absolute atomic E-state index is 0.0786. The molecule has 0 aliphatic carbocycles. The lowest BCUT2D eigenvalue weighted by Gasteiger charge is -2.08. The fourth-order valence-corrected chi connectivity index (χ4v) is 1.87. The maximum atomic E-state index is 11.5. The Labute approximate surface area is 106 Å². The summed E-state index contributed by atoms with van der Waals surface area (Å²) < 4.78 is 26.8. The highest BCUT2D eigenvalue weighted by atomic mass is 32.2. The third-order valence-corrected chi connectivity index (χ3v) is 3.16. The summed E-state index contributed by atoms with van der Waals surface area (Å²) in [6.07, 6.45) is 1.01. The van der Waals surface area contributed by atoms with Gasteiger partial charge in [-0.15, -0.1) is 0 Å². The first-order valence-electron chi connectivity index (χ1n) is 5.23. The maximum Gasteiger partial charge on any atom is 0.225 e. The number of benzene rings is 1. The van der Waals surface area contributed by atoms with Gasteiger partial charge < -0.3 is 15.8 Å². The van der Waals surface area contributed by atoms with Gasteiger partial charge in [-0.25, -0.2) is 8.42 Å². The van der Waals surface area contributed by atoms with Crippen molar-refractivity contribution in [1.82, 2.24) is 0 Å². The normalized spacial score (nSPS) is 11.0. The molecule has 0 spiro atoms. The van der Waals surface area contributed by atoms with E-state index in [-0.39, 0.29) is 18.1 Å². The van der Waals surface area contributed by atoms with Crippen LogP contribution in [0.1, 0.15) is 6.42 Å². The molecule has 1 aromatic carbocycles. The van der Waals surface area contributed by atoms with Gasteiger partial charge in [-0.05, 0) is 18.2 Å². The quantitative estimate of drug-likeness (QED) is 0.767. The van der Waals surface area contributed by atoms with E-state index in [9.17, 15) is 13.2 Å². The third kappa shape index (κ3) is 4.62. The van der Waals surface area contributed by atoms with E-state index in [1.165, 1.54) is 7.11 Å². The molecule has 0 fully saturated rings. The summed E-state index contributed by atoms with van der Waals surface area (Å²) in [5, 5.41) is 2.57. The van der Waals surface area contributed by atoms with Crippen molar-refractivity contribution < 1.29 is 17.9 Å². The molecule has 0 bridgehead atoms. The standard InChI is InChI=1S/C11H16N2O4S/c1-17-10-4-3-8(7-9(10)12)13-11(14)5-6-18(2,15)16/h3-4,7H,5-6,12H2,1-2H3,(H,13,14). The summed E-state index contributed by atoms with van der Waals surface area (Å²) in [6, 6.07) is 4.81. The molecule has 0 saturated carbocycles. The lowest BCUT2D eigenvalue weighted by molar-refractivity contribution is -0.115. The van der Waals surface area contributed by atoms with Gasteiger partial charge in [0, 0.05) is 18.4 Å². The molecule has 6 nitrogen and oxygen atoms in total. The molecular formula is C11H16N2O4S. The molecule has 0 atom stereocenters. The SMILES string of the molecule is COc1ccc(NC(=O)CCS(C)(=O)=O)cc1N. The zero-order valence-electron chi connectivity index (χ0n) is 10.3. The maximum absolute atomic E-state index is 11.5. The highest BCUT2D eigenvalue weighted by Gasteiger charge is 2.09. The predicted octanol–water partition coefficient (Wildman–Crippen LogP) is 0.651. The molecule has 100 valence electrons. The lowest BCUT2D eigenvalue weighted by Crippen LogP contribution is -2.16. The molecule has 0 unspecified atom stereocenters. The van der Waals surface area contributed by atoms with Gasteiger partial charge in [-0.2, -0.15) is 0 Å². The Morgan fingerprint density at radius 3 is 2.61 bits per heavy atom. The van der Waals surface area contributed by atoms with Crippen LogP contribution in [0.2, 0.25) is 0 Å². The van der Waals surface area contributed by atoms with Gasteiger partial charge in [0.25, 0.3) is 0 Å². The number of ether oxygens (including phenoxy) is 1. The lowest BCUT2D eigenvalue weighted by atomic mass is 10.2. The van der Waals surface area contributed by atoms with Crippen LogP contribution in [0.5, 0.6) is 5.75 Å². The number of nitrogen functional groups attached to an aromatic ring is 1. The molecule has 0 heterocycles. The Bertz CT molecular complexity index is 540. The molecule has 1 amide bonds. The van der Waals surface area contributed by atoms with Crippen molar-refractivity contribution in [1.29, 1.82) is 0 Å². The van der Waals surface area contributed by atoms with Crippen LogP contribution in [-0.4, -0.2) is 33.4 Å². The first kappa shape index (κ1) is 14.3. The molecule has 7 heteroatoms. The molecule has 18 heavy (non-hydrogen) atoms. The Morgan fingerprint density at radius 2 is 2.11 bits per heavy atom. The fourth-order valence-electron chi connectivity index (χ4n) is 1.31. The van der Waals surface area contributed by atoms with Crippen LogP contribution in [0, 0.1) is 0 Å². The summed E-state index contributed by atoms with van der Waals surface area (Å²) in [5.41, 5.74) is 6.59. The third-order valence-electron chi connectivity index (χ3n) is 2.21. The Kier molecular flexibility index (Phi) is 4.55. The van der Waals surface area contributed by atoms with Gasteiger partial charge in [-0.3, -0.25) is 4.79 Å². The second-order valence-electron chi connectivity index (χ2n) is 3.88. The monoisotopic (exact) mass is 272 g/mol. The minimum Gasteiger partial charge on any atom is -0.495 e. The summed E-state index contributed by atoms with van der Waals surface area (Å²) in [5.74, 6) is -0.0288. The molecule has 1 rings (SSSR count). The van der Waals surface area contributed by atoms with Crippen molar-refractivity contribution >= 4 is 27.1 Å². The van der Waals surface area contributed by atoms with E-state index in [4.69, 9.17) is 10.5 Å². The van der Waals surface area contributed by atoms with Crippen LogP contribution in [-0.2, 0) is 14.6 Å². The zero-order valence-corrected chi connectivity index (χ0v) is 11.1. The fraction of sp³-hybridized carbons (Fsp3) is 0.364. The van der Waals surface area contributed by atoms with Crippen molar-refractivity contribution in [2.45, 2.75) is 6.42 Å².